The zero-order valence-corrected chi connectivity index (χ0v) is 12.8. The lowest BCUT2D eigenvalue weighted by molar-refractivity contribution is -0.384. The molecule has 0 unspecified atom stereocenters. The molecule has 0 atom stereocenters. The van der Waals surface area contributed by atoms with E-state index < -0.39 is 4.92 Å². The van der Waals surface area contributed by atoms with E-state index >= 15 is 0 Å². The van der Waals surface area contributed by atoms with Crippen molar-refractivity contribution in [3.05, 3.63) is 33.2 Å². The Hall–Kier alpha value is -2.38. The third-order valence-corrected chi connectivity index (χ3v) is 3.26. The standard InChI is InChI=1S/C13H19N5O3/c1-7(2)11-12(18(19)20)13(17(5)16-11)14-6-10-15-8(3)9(4)21-10/h7,14H,6H2,1-5H3. The highest BCUT2D eigenvalue weighted by atomic mass is 16.6. The topological polar surface area (TPSA) is 99.0 Å². The number of hydrogen-bond donors (Lipinski definition) is 1. The third kappa shape index (κ3) is 2.88. The average Bonchev–Trinajstić information content (AvgIpc) is 2.88. The summed E-state index contributed by atoms with van der Waals surface area (Å²) in [6, 6.07) is 0. The van der Waals surface area contributed by atoms with Gasteiger partial charge in [-0.1, -0.05) is 13.8 Å². The van der Waals surface area contributed by atoms with Gasteiger partial charge in [-0.05, 0) is 13.8 Å². The summed E-state index contributed by atoms with van der Waals surface area (Å²) in [6.45, 7) is 7.70. The van der Waals surface area contributed by atoms with Crippen LogP contribution in [-0.4, -0.2) is 19.7 Å². The number of nitrogens with one attached hydrogen (secondary N) is 1. The minimum Gasteiger partial charge on any atom is -0.444 e. The third-order valence-electron chi connectivity index (χ3n) is 3.26. The van der Waals surface area contributed by atoms with Crippen LogP contribution in [0, 0.1) is 24.0 Å². The molecule has 2 aromatic heterocycles. The number of nitrogens with zero attached hydrogens (tertiary/aromatic N) is 4. The van der Waals surface area contributed by atoms with E-state index in [1.165, 1.54) is 4.68 Å². The van der Waals surface area contributed by atoms with Gasteiger partial charge >= 0.3 is 5.69 Å². The highest BCUT2D eigenvalue weighted by Gasteiger charge is 2.28. The molecule has 0 spiro atoms. The van der Waals surface area contributed by atoms with Crippen molar-refractivity contribution in [3.63, 3.8) is 0 Å². The van der Waals surface area contributed by atoms with Crippen molar-refractivity contribution < 1.29 is 9.34 Å². The number of rotatable bonds is 5. The van der Waals surface area contributed by atoms with Crippen LogP contribution < -0.4 is 5.32 Å². The summed E-state index contributed by atoms with van der Waals surface area (Å²) in [6.07, 6.45) is 0. The first-order chi connectivity index (χ1) is 9.81. The maximum atomic E-state index is 11.3. The molecule has 0 fully saturated rings. The second-order valence-electron chi connectivity index (χ2n) is 5.22. The van der Waals surface area contributed by atoms with Crippen LogP contribution >= 0.6 is 0 Å². The van der Waals surface area contributed by atoms with Crippen LogP contribution in [0.25, 0.3) is 0 Å². The molecule has 0 aliphatic rings. The van der Waals surface area contributed by atoms with Gasteiger partial charge in [0.15, 0.2) is 0 Å². The van der Waals surface area contributed by atoms with Crippen molar-refractivity contribution in [2.24, 2.45) is 7.05 Å². The van der Waals surface area contributed by atoms with Crippen LogP contribution in [0.1, 0.15) is 42.8 Å². The fourth-order valence-electron chi connectivity index (χ4n) is 2.07. The molecule has 0 amide bonds. The Morgan fingerprint density at radius 2 is 2.10 bits per heavy atom. The summed E-state index contributed by atoms with van der Waals surface area (Å²) in [5.41, 5.74) is 1.28. The van der Waals surface area contributed by atoms with Gasteiger partial charge in [-0.25, -0.2) is 9.67 Å². The predicted molar refractivity (Wildman–Crippen MR) is 77.3 cm³/mol. The van der Waals surface area contributed by atoms with Crippen LogP contribution in [0.5, 0.6) is 0 Å². The molecule has 2 heterocycles. The van der Waals surface area contributed by atoms with Crippen LogP contribution in [0.4, 0.5) is 11.5 Å². The van der Waals surface area contributed by atoms with Crippen molar-refractivity contribution in [2.75, 3.05) is 5.32 Å². The Kier molecular flexibility index (Phi) is 3.97. The van der Waals surface area contributed by atoms with Crippen molar-refractivity contribution in [1.29, 1.82) is 0 Å². The molecule has 1 N–H and O–H groups in total. The first kappa shape index (κ1) is 15.0. The molecule has 0 saturated heterocycles. The van der Waals surface area contributed by atoms with E-state index in [4.69, 9.17) is 4.42 Å². The number of oxazole rings is 1. The number of nitro groups is 1. The molecule has 0 radical (unpaired) electrons. The molecule has 0 bridgehead atoms. The van der Waals surface area contributed by atoms with Gasteiger partial charge in [0, 0.05) is 13.0 Å². The highest BCUT2D eigenvalue weighted by molar-refractivity contribution is 5.60. The normalized spacial score (nSPS) is 11.1. The van der Waals surface area contributed by atoms with E-state index in [0.29, 0.717) is 17.4 Å². The van der Waals surface area contributed by atoms with Crippen molar-refractivity contribution in [2.45, 2.75) is 40.2 Å². The van der Waals surface area contributed by atoms with Crippen LogP contribution in [0.3, 0.4) is 0 Å². The lowest BCUT2D eigenvalue weighted by Crippen LogP contribution is -2.06. The lowest BCUT2D eigenvalue weighted by Gasteiger charge is -2.03. The highest BCUT2D eigenvalue weighted by Crippen LogP contribution is 2.33. The Morgan fingerprint density at radius 3 is 2.57 bits per heavy atom. The van der Waals surface area contributed by atoms with E-state index in [2.05, 4.69) is 15.4 Å². The molecule has 0 aromatic carbocycles. The monoisotopic (exact) mass is 293 g/mol. The Balaban J connectivity index is 2.29. The number of anilines is 1. The second-order valence-corrected chi connectivity index (χ2v) is 5.22. The summed E-state index contributed by atoms with van der Waals surface area (Å²) in [4.78, 5) is 15.1. The molecule has 8 heteroatoms. The maximum absolute atomic E-state index is 11.3. The fourth-order valence-corrected chi connectivity index (χ4v) is 2.07. The van der Waals surface area contributed by atoms with Gasteiger partial charge < -0.3 is 9.73 Å². The van der Waals surface area contributed by atoms with Crippen LogP contribution in [0.15, 0.2) is 4.42 Å². The first-order valence-corrected chi connectivity index (χ1v) is 6.69. The minimum atomic E-state index is -0.406. The van der Waals surface area contributed by atoms with Crippen LogP contribution in [0.2, 0.25) is 0 Å². The summed E-state index contributed by atoms with van der Waals surface area (Å²) < 4.78 is 6.94. The zero-order chi connectivity index (χ0) is 15.7. The van der Waals surface area contributed by atoms with Crippen molar-refractivity contribution >= 4 is 11.5 Å². The smallest absolute Gasteiger partial charge is 0.334 e. The molecule has 8 nitrogen and oxygen atoms in total. The van der Waals surface area contributed by atoms with E-state index in [9.17, 15) is 10.1 Å². The van der Waals surface area contributed by atoms with Gasteiger partial charge in [0.1, 0.15) is 11.5 Å². The second kappa shape index (κ2) is 5.55. The maximum Gasteiger partial charge on any atom is 0.334 e. The predicted octanol–water partition coefficient (Wildman–Crippen LogP) is 2.67. The van der Waals surface area contributed by atoms with Gasteiger partial charge in [-0.2, -0.15) is 5.10 Å². The molecule has 2 aromatic rings. The summed E-state index contributed by atoms with van der Waals surface area (Å²) in [7, 11) is 1.67. The average molecular weight is 293 g/mol. The SMILES string of the molecule is Cc1nc(CNc2c([N+](=O)[O-])c(C(C)C)nn2C)oc1C. The Morgan fingerprint density at radius 1 is 1.43 bits per heavy atom. The van der Waals surface area contributed by atoms with E-state index in [1.807, 2.05) is 27.7 Å². The van der Waals surface area contributed by atoms with Gasteiger partial charge in [0.05, 0.1) is 17.2 Å². The zero-order valence-electron chi connectivity index (χ0n) is 12.8. The first-order valence-electron chi connectivity index (χ1n) is 6.69. The van der Waals surface area contributed by atoms with Crippen molar-refractivity contribution in [1.82, 2.24) is 14.8 Å². The molecule has 0 aliphatic heterocycles. The van der Waals surface area contributed by atoms with E-state index in [-0.39, 0.29) is 18.2 Å². The van der Waals surface area contributed by atoms with Crippen molar-refractivity contribution in [3.8, 4) is 0 Å². The Bertz CT molecular complexity index is 652. The molecular formula is C13H19N5O3. The van der Waals surface area contributed by atoms with Crippen LogP contribution in [-0.2, 0) is 13.6 Å². The minimum absolute atomic E-state index is 0.00694. The summed E-state index contributed by atoms with van der Waals surface area (Å²) in [5.74, 6) is 1.57. The van der Waals surface area contributed by atoms with Gasteiger partial charge in [0.25, 0.3) is 0 Å². The summed E-state index contributed by atoms with van der Waals surface area (Å²) in [5, 5.41) is 18.5. The molecule has 114 valence electrons. The number of aromatic nitrogens is 3. The van der Waals surface area contributed by atoms with E-state index in [0.717, 1.165) is 11.5 Å². The number of hydrogen-bond acceptors (Lipinski definition) is 6. The molecule has 21 heavy (non-hydrogen) atoms. The van der Waals surface area contributed by atoms with Gasteiger partial charge in [-0.15, -0.1) is 0 Å². The Labute approximate surface area is 122 Å². The molecule has 0 saturated carbocycles. The van der Waals surface area contributed by atoms with Gasteiger partial charge in [0.2, 0.25) is 11.7 Å². The van der Waals surface area contributed by atoms with Gasteiger partial charge in [-0.3, -0.25) is 10.1 Å². The quantitative estimate of drug-likeness (QED) is 0.672. The molecule has 2 rings (SSSR count). The lowest BCUT2D eigenvalue weighted by atomic mass is 10.1. The van der Waals surface area contributed by atoms with E-state index in [1.54, 1.807) is 7.05 Å². The largest absolute Gasteiger partial charge is 0.444 e. The molecule has 0 aliphatic carbocycles. The fraction of sp³-hybridized carbons (Fsp3) is 0.538. The number of aryl methyl sites for hydroxylation is 3. The molecular weight excluding hydrogens is 274 g/mol. The summed E-state index contributed by atoms with van der Waals surface area (Å²) >= 11 is 0.